The number of methoxy groups -OCH3 is 1. The quantitative estimate of drug-likeness (QED) is 0.600. The van der Waals surface area contributed by atoms with E-state index in [1.807, 2.05) is 24.4 Å². The summed E-state index contributed by atoms with van der Waals surface area (Å²) >= 11 is 0. The number of benzene rings is 1. The van der Waals surface area contributed by atoms with Gasteiger partial charge in [-0.05, 0) is 31.4 Å². The molecule has 0 radical (unpaired) electrons. The van der Waals surface area contributed by atoms with Gasteiger partial charge in [0, 0.05) is 43.3 Å². The molecule has 0 aliphatic carbocycles. The predicted octanol–water partition coefficient (Wildman–Crippen LogP) is 5.19. The number of nitrogens with one attached hydrogen (secondary N) is 1. The van der Waals surface area contributed by atoms with Gasteiger partial charge >= 0.3 is 0 Å². The van der Waals surface area contributed by atoms with Crippen molar-refractivity contribution in [2.75, 3.05) is 32.1 Å². The maximum Gasteiger partial charge on any atom is 0.121 e. The minimum atomic E-state index is 0.624. The van der Waals surface area contributed by atoms with Gasteiger partial charge in [0.2, 0.25) is 0 Å². The first-order chi connectivity index (χ1) is 12.5. The third kappa shape index (κ3) is 5.87. The lowest BCUT2D eigenvalue weighted by Crippen LogP contribution is -2.39. The van der Waals surface area contributed by atoms with Crippen LogP contribution in [0.25, 0.3) is 10.9 Å². The van der Waals surface area contributed by atoms with Crippen molar-refractivity contribution in [3.63, 3.8) is 0 Å². The second-order valence-corrected chi connectivity index (χ2v) is 7.56. The van der Waals surface area contributed by atoms with E-state index in [0.717, 1.165) is 42.0 Å². The van der Waals surface area contributed by atoms with E-state index in [1.165, 1.54) is 19.3 Å². The van der Waals surface area contributed by atoms with E-state index in [4.69, 9.17) is 4.74 Å². The van der Waals surface area contributed by atoms with Crippen LogP contribution < -0.4 is 10.1 Å². The van der Waals surface area contributed by atoms with Crippen molar-refractivity contribution in [3.8, 4) is 5.75 Å². The van der Waals surface area contributed by atoms with Crippen molar-refractivity contribution in [1.29, 1.82) is 0 Å². The van der Waals surface area contributed by atoms with Crippen molar-refractivity contribution < 1.29 is 4.74 Å². The third-order valence-corrected chi connectivity index (χ3v) is 4.83. The molecule has 1 heterocycles. The van der Waals surface area contributed by atoms with Crippen LogP contribution in [0.1, 0.15) is 47.0 Å². The molecule has 1 aromatic carbocycles. The van der Waals surface area contributed by atoms with Gasteiger partial charge in [0.1, 0.15) is 5.75 Å². The van der Waals surface area contributed by atoms with Crippen LogP contribution >= 0.6 is 0 Å². The number of nitrogens with zero attached hydrogens (tertiary/aromatic N) is 2. The molecule has 0 saturated heterocycles. The van der Waals surface area contributed by atoms with Crippen molar-refractivity contribution in [1.82, 2.24) is 9.88 Å². The molecule has 0 saturated carbocycles. The summed E-state index contributed by atoms with van der Waals surface area (Å²) in [5.41, 5.74) is 2.05. The van der Waals surface area contributed by atoms with Crippen molar-refractivity contribution in [3.05, 3.63) is 30.5 Å². The van der Waals surface area contributed by atoms with Crippen LogP contribution in [0.5, 0.6) is 5.75 Å². The lowest BCUT2D eigenvalue weighted by atomic mass is 10.1. The smallest absolute Gasteiger partial charge is 0.121 e. The zero-order valence-corrected chi connectivity index (χ0v) is 17.1. The predicted molar refractivity (Wildman–Crippen MR) is 112 cm³/mol. The lowest BCUT2D eigenvalue weighted by Gasteiger charge is -2.31. The zero-order chi connectivity index (χ0) is 18.9. The summed E-state index contributed by atoms with van der Waals surface area (Å²) in [7, 11) is 1.71. The van der Waals surface area contributed by atoms with Gasteiger partial charge in [0.15, 0.2) is 0 Å². The summed E-state index contributed by atoms with van der Waals surface area (Å²) in [6.07, 6.45) is 5.68. The molecule has 1 atom stereocenters. The Hall–Kier alpha value is -1.81. The number of unbranched alkanes of at least 4 members (excludes halogenated alkanes) is 1. The van der Waals surface area contributed by atoms with Gasteiger partial charge < -0.3 is 10.1 Å². The molecule has 0 unspecified atom stereocenters. The molecular formula is C22H35N3O. The Morgan fingerprint density at radius 3 is 2.73 bits per heavy atom. The minimum Gasteiger partial charge on any atom is -0.497 e. The fourth-order valence-corrected chi connectivity index (χ4v) is 3.39. The van der Waals surface area contributed by atoms with Gasteiger partial charge in [0.05, 0.1) is 18.3 Å². The van der Waals surface area contributed by atoms with Crippen LogP contribution in [0, 0.1) is 5.92 Å². The number of aromatic nitrogens is 1. The average molecular weight is 358 g/mol. The maximum absolute atomic E-state index is 5.45. The number of ether oxygens (including phenoxy) is 1. The summed E-state index contributed by atoms with van der Waals surface area (Å²) in [4.78, 5) is 7.16. The molecule has 1 aromatic heterocycles. The molecule has 0 bridgehead atoms. The van der Waals surface area contributed by atoms with Gasteiger partial charge in [-0.15, -0.1) is 0 Å². The molecule has 2 aromatic rings. The normalized spacial score (nSPS) is 12.7. The summed E-state index contributed by atoms with van der Waals surface area (Å²) in [5.74, 6) is 1.54. The van der Waals surface area contributed by atoms with Gasteiger partial charge in [-0.25, -0.2) is 0 Å². The number of pyridine rings is 1. The average Bonchev–Trinajstić information content (AvgIpc) is 2.64. The Balaban J connectivity index is 2.05. The highest BCUT2D eigenvalue weighted by atomic mass is 16.5. The summed E-state index contributed by atoms with van der Waals surface area (Å²) in [6.45, 7) is 12.3. The molecule has 0 amide bonds. The molecule has 4 heteroatoms. The molecule has 4 nitrogen and oxygen atoms in total. The van der Waals surface area contributed by atoms with E-state index in [2.05, 4.69) is 49.0 Å². The number of hydrogen-bond donors (Lipinski definition) is 1. The molecular weight excluding hydrogens is 322 g/mol. The van der Waals surface area contributed by atoms with E-state index < -0.39 is 0 Å². The number of hydrogen-bond acceptors (Lipinski definition) is 4. The molecule has 0 fully saturated rings. The van der Waals surface area contributed by atoms with Crippen molar-refractivity contribution in [2.24, 2.45) is 5.92 Å². The van der Waals surface area contributed by atoms with E-state index in [0.29, 0.717) is 12.0 Å². The summed E-state index contributed by atoms with van der Waals surface area (Å²) in [6, 6.07) is 8.74. The van der Waals surface area contributed by atoms with E-state index >= 15 is 0 Å². The SMILES string of the molecule is CCCC[C@H](C)N(CCNc1cc(OC)cc2cccnc12)CC(C)C. The highest BCUT2D eigenvalue weighted by Gasteiger charge is 2.15. The van der Waals surface area contributed by atoms with Gasteiger partial charge in [-0.1, -0.05) is 39.7 Å². The summed E-state index contributed by atoms with van der Waals surface area (Å²) in [5, 5.41) is 4.69. The van der Waals surface area contributed by atoms with Gasteiger partial charge in [-0.3, -0.25) is 9.88 Å². The fraction of sp³-hybridized carbons (Fsp3) is 0.591. The number of anilines is 1. The monoisotopic (exact) mass is 357 g/mol. The van der Waals surface area contributed by atoms with Crippen LogP contribution in [0.15, 0.2) is 30.5 Å². The Kier molecular flexibility index (Phi) is 8.17. The molecule has 2 rings (SSSR count). The van der Waals surface area contributed by atoms with Crippen LogP contribution in [0.3, 0.4) is 0 Å². The first kappa shape index (κ1) is 20.5. The van der Waals surface area contributed by atoms with Gasteiger partial charge in [0.25, 0.3) is 0 Å². The van der Waals surface area contributed by atoms with Crippen LogP contribution in [0.2, 0.25) is 0 Å². The zero-order valence-electron chi connectivity index (χ0n) is 17.1. The van der Waals surface area contributed by atoms with Crippen molar-refractivity contribution >= 4 is 16.6 Å². The second-order valence-electron chi connectivity index (χ2n) is 7.56. The second kappa shape index (κ2) is 10.4. The Morgan fingerprint density at radius 2 is 2.04 bits per heavy atom. The van der Waals surface area contributed by atoms with E-state index in [-0.39, 0.29) is 0 Å². The van der Waals surface area contributed by atoms with Crippen molar-refractivity contribution in [2.45, 2.75) is 53.0 Å². The minimum absolute atomic E-state index is 0.624. The maximum atomic E-state index is 5.45. The van der Waals surface area contributed by atoms with E-state index in [1.54, 1.807) is 7.11 Å². The van der Waals surface area contributed by atoms with Crippen LogP contribution in [-0.2, 0) is 0 Å². The first-order valence-corrected chi connectivity index (χ1v) is 9.95. The van der Waals surface area contributed by atoms with Crippen LogP contribution in [0.4, 0.5) is 5.69 Å². The van der Waals surface area contributed by atoms with E-state index in [9.17, 15) is 0 Å². The molecule has 0 spiro atoms. The standard InChI is InChI=1S/C22H35N3O/c1-6-7-9-18(4)25(16-17(2)3)13-12-23-21-15-20(26-5)14-19-10-8-11-24-22(19)21/h8,10-11,14-15,17-18,23H,6-7,9,12-13,16H2,1-5H3/t18-/m0/s1. The number of fused-ring (bicyclic) bond motifs is 1. The lowest BCUT2D eigenvalue weighted by molar-refractivity contribution is 0.182. The Labute approximate surface area is 159 Å². The highest BCUT2D eigenvalue weighted by Crippen LogP contribution is 2.27. The Morgan fingerprint density at radius 1 is 1.23 bits per heavy atom. The summed E-state index contributed by atoms with van der Waals surface area (Å²) < 4.78 is 5.45. The molecule has 144 valence electrons. The molecule has 0 aliphatic heterocycles. The largest absolute Gasteiger partial charge is 0.497 e. The number of rotatable bonds is 11. The molecule has 0 aliphatic rings. The first-order valence-electron chi connectivity index (χ1n) is 9.95. The molecule has 26 heavy (non-hydrogen) atoms. The van der Waals surface area contributed by atoms with Crippen LogP contribution in [-0.4, -0.2) is 42.7 Å². The fourth-order valence-electron chi connectivity index (χ4n) is 3.39. The third-order valence-electron chi connectivity index (χ3n) is 4.83. The van der Waals surface area contributed by atoms with Gasteiger partial charge in [-0.2, -0.15) is 0 Å². The highest BCUT2D eigenvalue weighted by molar-refractivity contribution is 5.91. The Bertz CT molecular complexity index is 671. The molecule has 1 N–H and O–H groups in total. The topological polar surface area (TPSA) is 37.4 Å².